The van der Waals surface area contributed by atoms with Crippen molar-refractivity contribution in [3.05, 3.63) is 39.9 Å². The Hall–Kier alpha value is -0.560. The number of fused-ring (bicyclic) bond motifs is 1. The van der Waals surface area contributed by atoms with Crippen LogP contribution in [0.2, 0.25) is 0 Å². The van der Waals surface area contributed by atoms with Crippen LogP contribution in [0.4, 0.5) is 0 Å². The number of halogens is 1. The van der Waals surface area contributed by atoms with E-state index in [1.165, 1.54) is 5.56 Å². The van der Waals surface area contributed by atoms with Crippen molar-refractivity contribution in [3.8, 4) is 0 Å². The van der Waals surface area contributed by atoms with E-state index in [4.69, 9.17) is 1.37 Å². The van der Waals surface area contributed by atoms with E-state index in [2.05, 4.69) is 15.9 Å². The van der Waals surface area contributed by atoms with E-state index >= 15 is 0 Å². The first-order valence-corrected chi connectivity index (χ1v) is 3.96. The van der Waals surface area contributed by atoms with Gasteiger partial charge in [-0.2, -0.15) is 0 Å². The van der Waals surface area contributed by atoms with Crippen molar-refractivity contribution < 1.29 is 1.37 Å². The van der Waals surface area contributed by atoms with Gasteiger partial charge in [0.25, 0.3) is 0 Å². The molecule has 0 heterocycles. The second-order valence-corrected chi connectivity index (χ2v) is 3.22. The minimum Gasteiger partial charge on any atom is -0.0619 e. The number of hydrogen-bond donors (Lipinski definition) is 0. The fourth-order valence-corrected chi connectivity index (χ4v) is 1.61. The molecular weight excluding hydrogens is 188 g/mol. The van der Waals surface area contributed by atoms with E-state index in [0.29, 0.717) is 0 Å². The molecule has 1 aromatic carbocycles. The molecule has 1 atom stereocenters. The molecule has 10 heavy (non-hydrogen) atoms. The van der Waals surface area contributed by atoms with Gasteiger partial charge in [-0.1, -0.05) is 40.2 Å². The van der Waals surface area contributed by atoms with Crippen LogP contribution < -0.4 is 0 Å². The lowest BCUT2D eigenvalue weighted by Crippen LogP contribution is -1.78. The standard InChI is InChI=1S/C9H7Br/c10-9-5-7-3-1-2-4-8(7)6-9/h1-5H,6H2/i6D. The van der Waals surface area contributed by atoms with Crippen molar-refractivity contribution in [1.29, 1.82) is 0 Å². The summed E-state index contributed by atoms with van der Waals surface area (Å²) in [5, 5.41) is 0. The van der Waals surface area contributed by atoms with Gasteiger partial charge >= 0.3 is 0 Å². The first-order valence-electron chi connectivity index (χ1n) is 3.75. The predicted molar refractivity (Wildman–Crippen MR) is 47.1 cm³/mol. The summed E-state index contributed by atoms with van der Waals surface area (Å²) in [5.74, 6) is 0. The molecule has 0 aromatic heterocycles. The Morgan fingerprint density at radius 1 is 1.40 bits per heavy atom. The lowest BCUT2D eigenvalue weighted by Gasteiger charge is -1.93. The van der Waals surface area contributed by atoms with Gasteiger partial charge in [-0.3, -0.25) is 0 Å². The van der Waals surface area contributed by atoms with E-state index in [0.717, 1.165) is 10.0 Å². The van der Waals surface area contributed by atoms with Gasteiger partial charge in [0, 0.05) is 12.3 Å². The Morgan fingerprint density at radius 3 is 3.00 bits per heavy atom. The molecule has 0 amide bonds. The molecule has 0 nitrogen and oxygen atoms in total. The van der Waals surface area contributed by atoms with Gasteiger partial charge in [0.2, 0.25) is 0 Å². The molecule has 1 aromatic rings. The fraction of sp³-hybridized carbons (Fsp3) is 0.111. The molecule has 0 fully saturated rings. The molecule has 0 N–H and O–H groups in total. The number of benzene rings is 1. The Bertz CT molecular complexity index is 317. The highest BCUT2D eigenvalue weighted by Gasteiger charge is 2.07. The molecule has 1 aliphatic carbocycles. The summed E-state index contributed by atoms with van der Waals surface area (Å²) in [5.41, 5.74) is 2.26. The van der Waals surface area contributed by atoms with Crippen LogP contribution in [0.15, 0.2) is 28.7 Å². The summed E-state index contributed by atoms with van der Waals surface area (Å²) in [4.78, 5) is 0. The van der Waals surface area contributed by atoms with Crippen LogP contribution in [-0.2, 0) is 6.40 Å². The van der Waals surface area contributed by atoms with Gasteiger partial charge < -0.3 is 0 Å². The Morgan fingerprint density at radius 2 is 2.20 bits per heavy atom. The zero-order chi connectivity index (χ0) is 7.84. The van der Waals surface area contributed by atoms with E-state index in [1.54, 1.807) is 0 Å². The molecule has 1 heteroatoms. The van der Waals surface area contributed by atoms with Crippen molar-refractivity contribution in [2.75, 3.05) is 0 Å². The van der Waals surface area contributed by atoms with Crippen LogP contribution >= 0.6 is 15.9 Å². The molecule has 1 aliphatic rings. The minimum atomic E-state index is -0.203. The molecule has 2 rings (SSSR count). The summed E-state index contributed by atoms with van der Waals surface area (Å²) < 4.78 is 8.66. The quantitative estimate of drug-likeness (QED) is 0.598. The molecule has 0 bridgehead atoms. The third-order valence-corrected chi connectivity index (χ3v) is 2.04. The lowest BCUT2D eigenvalue weighted by atomic mass is 10.1. The van der Waals surface area contributed by atoms with E-state index in [1.807, 2.05) is 30.3 Å². The molecular formula is C9H7Br. The third-order valence-electron chi connectivity index (χ3n) is 1.58. The van der Waals surface area contributed by atoms with Crippen LogP contribution in [0.5, 0.6) is 0 Å². The monoisotopic (exact) mass is 195 g/mol. The molecule has 1 unspecified atom stereocenters. The second kappa shape index (κ2) is 2.24. The summed E-state index contributed by atoms with van der Waals surface area (Å²) in [6, 6.07) is 8.00. The average Bonchev–Trinajstić information content (AvgIpc) is 2.30. The highest BCUT2D eigenvalue weighted by atomic mass is 79.9. The van der Waals surface area contributed by atoms with Crippen molar-refractivity contribution in [3.63, 3.8) is 0 Å². The molecule has 0 radical (unpaired) electrons. The largest absolute Gasteiger partial charge is 0.0619 e. The molecule has 0 saturated carbocycles. The molecule has 50 valence electrons. The Balaban J connectivity index is 2.58. The molecule has 0 aliphatic heterocycles. The number of allylic oxidation sites excluding steroid dienone is 1. The smallest absolute Gasteiger partial charge is 0.0371 e. The van der Waals surface area contributed by atoms with Crippen LogP contribution in [-0.4, -0.2) is 0 Å². The first kappa shape index (κ1) is 5.14. The van der Waals surface area contributed by atoms with Gasteiger partial charge in [0.1, 0.15) is 0 Å². The highest BCUT2D eigenvalue weighted by molar-refractivity contribution is 9.11. The van der Waals surface area contributed by atoms with E-state index in [-0.39, 0.29) is 6.40 Å². The van der Waals surface area contributed by atoms with Crippen LogP contribution in [0, 0.1) is 0 Å². The van der Waals surface area contributed by atoms with Crippen molar-refractivity contribution in [2.24, 2.45) is 0 Å². The predicted octanol–water partition coefficient (Wildman–Crippen LogP) is 2.98. The SMILES string of the molecule is [2H]C1C(Br)=Cc2ccccc21. The summed E-state index contributed by atoms with van der Waals surface area (Å²) >= 11 is 3.36. The maximum absolute atomic E-state index is 7.70. The van der Waals surface area contributed by atoms with Gasteiger partial charge in [0.05, 0.1) is 0 Å². The maximum Gasteiger partial charge on any atom is 0.0371 e. The maximum atomic E-state index is 7.70. The number of rotatable bonds is 0. The summed E-state index contributed by atoms with van der Waals surface area (Å²) in [6.45, 7) is 0. The highest BCUT2D eigenvalue weighted by Crippen LogP contribution is 2.27. The van der Waals surface area contributed by atoms with Gasteiger partial charge in [0.15, 0.2) is 0 Å². The third kappa shape index (κ3) is 0.907. The molecule has 0 spiro atoms. The fourth-order valence-electron chi connectivity index (χ4n) is 1.11. The summed E-state index contributed by atoms with van der Waals surface area (Å²) in [6.07, 6.45) is 1.80. The molecule has 0 saturated heterocycles. The van der Waals surface area contributed by atoms with Gasteiger partial charge in [-0.25, -0.2) is 0 Å². The van der Waals surface area contributed by atoms with Crippen molar-refractivity contribution in [2.45, 2.75) is 6.40 Å². The van der Waals surface area contributed by atoms with Crippen LogP contribution in [0.3, 0.4) is 0 Å². The van der Waals surface area contributed by atoms with E-state index < -0.39 is 0 Å². The van der Waals surface area contributed by atoms with E-state index in [9.17, 15) is 0 Å². The average molecular weight is 196 g/mol. The van der Waals surface area contributed by atoms with Gasteiger partial charge in [-0.15, -0.1) is 0 Å². The Labute approximate surface area is 70.1 Å². The number of hydrogen-bond acceptors (Lipinski definition) is 0. The second-order valence-electron chi connectivity index (χ2n) is 2.30. The van der Waals surface area contributed by atoms with Crippen LogP contribution in [0.25, 0.3) is 6.08 Å². The van der Waals surface area contributed by atoms with Crippen molar-refractivity contribution >= 4 is 22.0 Å². The lowest BCUT2D eigenvalue weighted by molar-refractivity contribution is 1.30. The first-order chi connectivity index (χ1) is 5.29. The van der Waals surface area contributed by atoms with Crippen LogP contribution in [0.1, 0.15) is 12.5 Å². The van der Waals surface area contributed by atoms with Crippen molar-refractivity contribution in [1.82, 2.24) is 0 Å². The van der Waals surface area contributed by atoms with Gasteiger partial charge in [-0.05, 0) is 17.2 Å². The Kier molecular flexibility index (Phi) is 1.15. The normalized spacial score (nSPS) is 23.5. The topological polar surface area (TPSA) is 0 Å². The minimum absolute atomic E-state index is 0.203. The zero-order valence-corrected chi connectivity index (χ0v) is 6.93. The summed E-state index contributed by atoms with van der Waals surface area (Å²) in [7, 11) is 0. The zero-order valence-electron chi connectivity index (χ0n) is 6.34.